The molecule has 1 amide bonds. The van der Waals surface area contributed by atoms with Crippen LogP contribution in [-0.4, -0.2) is 29.7 Å². The zero-order chi connectivity index (χ0) is 7.56. The maximum absolute atomic E-state index is 10.9. The van der Waals surface area contributed by atoms with Crippen molar-refractivity contribution in [2.24, 2.45) is 10.8 Å². The van der Waals surface area contributed by atoms with Crippen LogP contribution in [0.1, 0.15) is 13.3 Å². The van der Waals surface area contributed by atoms with Crippen LogP contribution in [0.3, 0.4) is 0 Å². The van der Waals surface area contributed by atoms with E-state index in [9.17, 15) is 4.79 Å². The summed E-state index contributed by atoms with van der Waals surface area (Å²) < 4.78 is 0. The smallest absolute Gasteiger partial charge is 0.248 e. The van der Waals surface area contributed by atoms with E-state index in [2.05, 4.69) is 5.10 Å². The van der Waals surface area contributed by atoms with Gasteiger partial charge in [0.25, 0.3) is 0 Å². The molecule has 4 nitrogen and oxygen atoms in total. The number of carbonyl (C=O) groups is 1. The van der Waals surface area contributed by atoms with Gasteiger partial charge in [0.15, 0.2) is 0 Å². The van der Waals surface area contributed by atoms with Crippen molar-refractivity contribution in [1.82, 2.24) is 5.01 Å². The molecule has 0 bridgehead atoms. The molecule has 1 heterocycles. The lowest BCUT2D eigenvalue weighted by molar-refractivity contribution is -0.128. The Balaban J connectivity index is 2.61. The summed E-state index contributed by atoms with van der Waals surface area (Å²) >= 11 is 0. The van der Waals surface area contributed by atoms with Gasteiger partial charge in [0.2, 0.25) is 5.91 Å². The lowest BCUT2D eigenvalue weighted by Gasteiger charge is -2.05. The van der Waals surface area contributed by atoms with Crippen LogP contribution >= 0.6 is 0 Å². The number of nitrogens with two attached hydrogens (primary N) is 1. The van der Waals surface area contributed by atoms with Crippen LogP contribution in [0.15, 0.2) is 5.10 Å². The van der Waals surface area contributed by atoms with Gasteiger partial charge in [0, 0.05) is 13.1 Å². The highest BCUT2D eigenvalue weighted by Crippen LogP contribution is 2.05. The summed E-state index contributed by atoms with van der Waals surface area (Å²) in [5.41, 5.74) is 6.09. The van der Waals surface area contributed by atoms with Gasteiger partial charge in [0.1, 0.15) is 0 Å². The maximum Gasteiger partial charge on any atom is 0.248 e. The Morgan fingerprint density at radius 3 is 2.80 bits per heavy atom. The highest BCUT2D eigenvalue weighted by atomic mass is 16.2. The van der Waals surface area contributed by atoms with Crippen LogP contribution in [0.4, 0.5) is 0 Å². The highest BCUT2D eigenvalue weighted by Gasteiger charge is 2.20. The molecule has 0 aromatic heterocycles. The molecule has 56 valence electrons. The molecule has 0 aromatic rings. The van der Waals surface area contributed by atoms with E-state index in [1.54, 1.807) is 0 Å². The SMILES string of the molecule is CCN1N=C(CN)CC1=O. The number of nitrogens with zero attached hydrogens (tertiary/aromatic N) is 2. The molecule has 4 heteroatoms. The topological polar surface area (TPSA) is 58.7 Å². The first kappa shape index (κ1) is 7.21. The molecule has 10 heavy (non-hydrogen) atoms. The van der Waals surface area contributed by atoms with Crippen LogP contribution < -0.4 is 5.73 Å². The summed E-state index contributed by atoms with van der Waals surface area (Å²) in [5.74, 6) is 0.0583. The molecule has 0 saturated heterocycles. The molecule has 1 aliphatic heterocycles. The minimum absolute atomic E-state index is 0.0583. The van der Waals surface area contributed by atoms with E-state index < -0.39 is 0 Å². The third-order valence-electron chi connectivity index (χ3n) is 1.44. The quantitative estimate of drug-likeness (QED) is 0.566. The Morgan fingerprint density at radius 2 is 2.50 bits per heavy atom. The van der Waals surface area contributed by atoms with Crippen LogP contribution in [0, 0.1) is 0 Å². The van der Waals surface area contributed by atoms with E-state index in [1.807, 2.05) is 6.92 Å². The molecular weight excluding hydrogens is 130 g/mol. The van der Waals surface area contributed by atoms with E-state index in [4.69, 9.17) is 5.73 Å². The molecule has 0 fully saturated rings. The number of hydrogen-bond acceptors (Lipinski definition) is 3. The molecule has 0 aromatic carbocycles. The molecule has 2 N–H and O–H groups in total. The van der Waals surface area contributed by atoms with Crippen LogP contribution in [0.25, 0.3) is 0 Å². The fourth-order valence-corrected chi connectivity index (χ4v) is 0.888. The minimum atomic E-state index is 0.0583. The largest absolute Gasteiger partial charge is 0.325 e. The monoisotopic (exact) mass is 141 g/mol. The predicted octanol–water partition coefficient (Wildman–Crippen LogP) is -0.447. The summed E-state index contributed by atoms with van der Waals surface area (Å²) in [6.07, 6.45) is 0.407. The number of hydrogen-bond donors (Lipinski definition) is 1. The van der Waals surface area contributed by atoms with Gasteiger partial charge in [-0.25, -0.2) is 5.01 Å². The van der Waals surface area contributed by atoms with Gasteiger partial charge < -0.3 is 5.73 Å². The Labute approximate surface area is 59.7 Å². The van der Waals surface area contributed by atoms with E-state index >= 15 is 0 Å². The van der Waals surface area contributed by atoms with Crippen molar-refractivity contribution in [3.05, 3.63) is 0 Å². The fraction of sp³-hybridized carbons (Fsp3) is 0.667. The highest BCUT2D eigenvalue weighted by molar-refractivity contribution is 6.05. The predicted molar refractivity (Wildman–Crippen MR) is 38.5 cm³/mol. The van der Waals surface area contributed by atoms with Crippen molar-refractivity contribution in [2.75, 3.05) is 13.1 Å². The molecule has 0 atom stereocenters. The van der Waals surface area contributed by atoms with Crippen molar-refractivity contribution in [1.29, 1.82) is 0 Å². The van der Waals surface area contributed by atoms with E-state index in [-0.39, 0.29) is 5.91 Å². The second-order valence-corrected chi connectivity index (χ2v) is 2.16. The molecule has 0 aliphatic carbocycles. The molecule has 0 spiro atoms. The normalized spacial score (nSPS) is 18.0. The molecule has 0 radical (unpaired) electrons. The Kier molecular flexibility index (Phi) is 2.01. The van der Waals surface area contributed by atoms with Gasteiger partial charge in [0.05, 0.1) is 12.1 Å². The van der Waals surface area contributed by atoms with E-state index in [1.165, 1.54) is 5.01 Å². The number of amides is 1. The van der Waals surface area contributed by atoms with E-state index in [0.29, 0.717) is 19.5 Å². The Morgan fingerprint density at radius 1 is 1.80 bits per heavy atom. The average Bonchev–Trinajstić information content (AvgIpc) is 2.30. The first-order valence-corrected chi connectivity index (χ1v) is 3.34. The van der Waals surface area contributed by atoms with Gasteiger partial charge in [-0.05, 0) is 6.92 Å². The second kappa shape index (κ2) is 2.79. The standard InChI is InChI=1S/C6H11N3O/c1-2-9-6(10)3-5(4-7)8-9/h2-4,7H2,1H3. The van der Waals surface area contributed by atoms with Crippen LogP contribution in [-0.2, 0) is 4.79 Å². The summed E-state index contributed by atoms with van der Waals surface area (Å²) in [4.78, 5) is 10.9. The first-order valence-electron chi connectivity index (χ1n) is 3.34. The Hall–Kier alpha value is -0.900. The van der Waals surface area contributed by atoms with Crippen molar-refractivity contribution < 1.29 is 4.79 Å². The lowest BCUT2D eigenvalue weighted by atomic mass is 10.3. The van der Waals surface area contributed by atoms with Crippen LogP contribution in [0.5, 0.6) is 0 Å². The molecular formula is C6H11N3O. The summed E-state index contributed by atoms with van der Waals surface area (Å²) in [6, 6.07) is 0. The fourth-order valence-electron chi connectivity index (χ4n) is 0.888. The van der Waals surface area contributed by atoms with Crippen molar-refractivity contribution in [2.45, 2.75) is 13.3 Å². The lowest BCUT2D eigenvalue weighted by Crippen LogP contribution is -2.19. The van der Waals surface area contributed by atoms with Gasteiger partial charge in [-0.2, -0.15) is 5.10 Å². The summed E-state index contributed by atoms with van der Waals surface area (Å²) in [5, 5.41) is 5.43. The summed E-state index contributed by atoms with van der Waals surface area (Å²) in [6.45, 7) is 2.92. The third kappa shape index (κ3) is 1.16. The van der Waals surface area contributed by atoms with Crippen molar-refractivity contribution >= 4 is 11.6 Å². The van der Waals surface area contributed by atoms with Gasteiger partial charge in [-0.1, -0.05) is 0 Å². The van der Waals surface area contributed by atoms with Crippen molar-refractivity contribution in [3.63, 3.8) is 0 Å². The number of hydrazone groups is 1. The maximum atomic E-state index is 10.9. The van der Waals surface area contributed by atoms with Crippen molar-refractivity contribution in [3.8, 4) is 0 Å². The minimum Gasteiger partial charge on any atom is -0.325 e. The number of rotatable bonds is 2. The average molecular weight is 141 g/mol. The van der Waals surface area contributed by atoms with Crippen LogP contribution in [0.2, 0.25) is 0 Å². The molecule has 0 saturated carbocycles. The third-order valence-corrected chi connectivity index (χ3v) is 1.44. The van der Waals surface area contributed by atoms with E-state index in [0.717, 1.165) is 5.71 Å². The molecule has 1 rings (SSSR count). The van der Waals surface area contributed by atoms with Gasteiger partial charge in [-0.3, -0.25) is 4.79 Å². The summed E-state index contributed by atoms with van der Waals surface area (Å²) in [7, 11) is 0. The molecule has 1 aliphatic rings. The van der Waals surface area contributed by atoms with Gasteiger partial charge >= 0.3 is 0 Å². The zero-order valence-corrected chi connectivity index (χ0v) is 6.00. The first-order chi connectivity index (χ1) is 4.77. The van der Waals surface area contributed by atoms with Gasteiger partial charge in [-0.15, -0.1) is 0 Å². The molecule has 0 unspecified atom stereocenters. The Bertz CT molecular complexity index is 176. The second-order valence-electron chi connectivity index (χ2n) is 2.16. The zero-order valence-electron chi connectivity index (χ0n) is 6.00. The number of carbonyl (C=O) groups excluding carboxylic acids is 1.